The van der Waals surface area contributed by atoms with Crippen molar-refractivity contribution in [2.24, 2.45) is 0 Å². The molecule has 2 heterocycles. The van der Waals surface area contributed by atoms with Crippen LogP contribution in [0.15, 0.2) is 30.6 Å². The van der Waals surface area contributed by atoms with Gasteiger partial charge in [-0.15, -0.1) is 0 Å². The number of carbonyl (C=O) groups is 1. The van der Waals surface area contributed by atoms with Gasteiger partial charge in [-0.05, 0) is 44.4 Å². The highest BCUT2D eigenvalue weighted by Gasteiger charge is 2.32. The Morgan fingerprint density at radius 3 is 2.63 bits per heavy atom. The molecular weight excluding hydrogens is 342 g/mol. The van der Waals surface area contributed by atoms with Crippen molar-refractivity contribution in [3.8, 4) is 22.6 Å². The summed E-state index contributed by atoms with van der Waals surface area (Å²) in [7, 11) is 0. The summed E-state index contributed by atoms with van der Waals surface area (Å²) in [5, 5.41) is 7.69. The van der Waals surface area contributed by atoms with Crippen LogP contribution in [0.3, 0.4) is 0 Å². The molecule has 2 aliphatic rings. The van der Waals surface area contributed by atoms with Crippen molar-refractivity contribution in [1.29, 1.82) is 0 Å². The first-order chi connectivity index (χ1) is 13.0. The van der Waals surface area contributed by atoms with Gasteiger partial charge in [0.05, 0.1) is 6.20 Å². The molecule has 1 fully saturated rings. The third-order valence-electron chi connectivity index (χ3n) is 5.53. The molecule has 0 saturated heterocycles. The third kappa shape index (κ3) is 3.66. The Kier molecular flexibility index (Phi) is 4.81. The van der Waals surface area contributed by atoms with Gasteiger partial charge in [-0.2, -0.15) is 5.10 Å². The van der Waals surface area contributed by atoms with Gasteiger partial charge < -0.3 is 14.8 Å². The van der Waals surface area contributed by atoms with Crippen LogP contribution >= 0.6 is 0 Å². The van der Waals surface area contributed by atoms with Crippen molar-refractivity contribution in [1.82, 2.24) is 15.1 Å². The average Bonchev–Trinajstić information content (AvgIpc) is 3.19. The fourth-order valence-electron chi connectivity index (χ4n) is 3.71. The van der Waals surface area contributed by atoms with E-state index in [9.17, 15) is 4.79 Å². The van der Waals surface area contributed by atoms with Gasteiger partial charge >= 0.3 is 0 Å². The second kappa shape index (κ2) is 7.25. The molecular formula is C21H27N3O3. The van der Waals surface area contributed by atoms with E-state index < -0.39 is 5.54 Å². The standard InChI is InChI=1S/C21H27N3O3/c1-21(2,20(25)23-17-6-4-3-5-7-17)24-14-16(13-22-24)15-8-9-18-19(12-15)27-11-10-26-18/h8-9,12-14,17H,3-7,10-11H2,1-2H3,(H,23,25). The molecule has 0 spiro atoms. The Labute approximate surface area is 159 Å². The number of rotatable bonds is 4. The quantitative estimate of drug-likeness (QED) is 0.896. The normalized spacial score (nSPS) is 17.6. The van der Waals surface area contributed by atoms with E-state index in [1.165, 1.54) is 19.3 Å². The van der Waals surface area contributed by atoms with Crippen LogP contribution in [-0.4, -0.2) is 34.9 Å². The van der Waals surface area contributed by atoms with Gasteiger partial charge in [-0.3, -0.25) is 9.48 Å². The lowest BCUT2D eigenvalue weighted by Gasteiger charge is -2.29. The Bertz CT molecular complexity index is 822. The maximum Gasteiger partial charge on any atom is 0.247 e. The zero-order chi connectivity index (χ0) is 18.9. The molecule has 0 bridgehead atoms. The predicted octanol–water partition coefficient (Wildman–Crippen LogP) is 3.51. The largest absolute Gasteiger partial charge is 0.486 e. The minimum absolute atomic E-state index is 0.0197. The molecule has 1 N–H and O–H groups in total. The molecule has 1 aliphatic heterocycles. The van der Waals surface area contributed by atoms with Gasteiger partial charge in [-0.25, -0.2) is 0 Å². The maximum atomic E-state index is 12.9. The molecule has 6 heteroatoms. The number of nitrogens with one attached hydrogen (secondary N) is 1. The molecule has 6 nitrogen and oxygen atoms in total. The van der Waals surface area contributed by atoms with Gasteiger partial charge in [0.2, 0.25) is 5.91 Å². The Morgan fingerprint density at radius 1 is 1.11 bits per heavy atom. The van der Waals surface area contributed by atoms with Crippen LogP contribution in [-0.2, 0) is 10.3 Å². The molecule has 1 amide bonds. The van der Waals surface area contributed by atoms with Crippen molar-refractivity contribution in [2.75, 3.05) is 13.2 Å². The Morgan fingerprint density at radius 2 is 1.85 bits per heavy atom. The fourth-order valence-corrected chi connectivity index (χ4v) is 3.71. The van der Waals surface area contributed by atoms with Crippen LogP contribution in [0.4, 0.5) is 0 Å². The Balaban J connectivity index is 1.51. The second-order valence-corrected chi connectivity index (χ2v) is 7.90. The van der Waals surface area contributed by atoms with Crippen LogP contribution < -0.4 is 14.8 Å². The summed E-state index contributed by atoms with van der Waals surface area (Å²) >= 11 is 0. The van der Waals surface area contributed by atoms with Gasteiger partial charge in [-0.1, -0.05) is 25.3 Å². The summed E-state index contributed by atoms with van der Waals surface area (Å²) in [6, 6.07) is 6.16. The van der Waals surface area contributed by atoms with Crippen molar-refractivity contribution in [2.45, 2.75) is 57.5 Å². The minimum atomic E-state index is -0.747. The van der Waals surface area contributed by atoms with E-state index in [0.717, 1.165) is 35.5 Å². The fraction of sp³-hybridized carbons (Fsp3) is 0.524. The molecule has 0 atom stereocenters. The highest BCUT2D eigenvalue weighted by atomic mass is 16.6. The molecule has 144 valence electrons. The second-order valence-electron chi connectivity index (χ2n) is 7.90. The zero-order valence-electron chi connectivity index (χ0n) is 16.0. The molecule has 1 aromatic carbocycles. The van der Waals surface area contributed by atoms with Gasteiger partial charge in [0, 0.05) is 17.8 Å². The first kappa shape index (κ1) is 17.9. The van der Waals surface area contributed by atoms with E-state index in [4.69, 9.17) is 9.47 Å². The number of fused-ring (bicyclic) bond motifs is 1. The smallest absolute Gasteiger partial charge is 0.247 e. The number of nitrogens with zero attached hydrogens (tertiary/aromatic N) is 2. The van der Waals surface area contributed by atoms with Crippen LogP contribution in [0.25, 0.3) is 11.1 Å². The van der Waals surface area contributed by atoms with Crippen LogP contribution in [0.1, 0.15) is 46.0 Å². The third-order valence-corrected chi connectivity index (χ3v) is 5.53. The SMILES string of the molecule is CC(C)(C(=O)NC1CCCCC1)n1cc(-c2ccc3c(c2)OCCO3)cn1. The number of carbonyl (C=O) groups excluding carboxylic acids is 1. The lowest BCUT2D eigenvalue weighted by atomic mass is 9.94. The molecule has 27 heavy (non-hydrogen) atoms. The highest BCUT2D eigenvalue weighted by molar-refractivity contribution is 5.84. The number of ether oxygens (including phenoxy) is 2. The first-order valence-electron chi connectivity index (χ1n) is 9.80. The van der Waals surface area contributed by atoms with Crippen LogP contribution in [0.5, 0.6) is 11.5 Å². The molecule has 1 aliphatic carbocycles. The van der Waals surface area contributed by atoms with Crippen molar-refractivity contribution >= 4 is 5.91 Å². The summed E-state index contributed by atoms with van der Waals surface area (Å²) in [6.07, 6.45) is 9.52. The van der Waals surface area contributed by atoms with Crippen molar-refractivity contribution in [3.05, 3.63) is 30.6 Å². The zero-order valence-corrected chi connectivity index (χ0v) is 16.0. The molecule has 1 saturated carbocycles. The maximum absolute atomic E-state index is 12.9. The van der Waals surface area contributed by atoms with Crippen LogP contribution in [0.2, 0.25) is 0 Å². The monoisotopic (exact) mass is 369 g/mol. The summed E-state index contributed by atoms with van der Waals surface area (Å²) < 4.78 is 13.0. The molecule has 0 unspecified atom stereocenters. The summed E-state index contributed by atoms with van der Waals surface area (Å²) in [6.45, 7) is 4.95. The summed E-state index contributed by atoms with van der Waals surface area (Å²) in [4.78, 5) is 12.9. The topological polar surface area (TPSA) is 65.4 Å². The van der Waals surface area contributed by atoms with Gasteiger partial charge in [0.15, 0.2) is 11.5 Å². The first-order valence-corrected chi connectivity index (χ1v) is 9.80. The van der Waals surface area contributed by atoms with E-state index >= 15 is 0 Å². The number of amides is 1. The van der Waals surface area contributed by atoms with E-state index in [-0.39, 0.29) is 5.91 Å². The summed E-state index contributed by atoms with van der Waals surface area (Å²) in [5.41, 5.74) is 1.20. The average molecular weight is 369 g/mol. The van der Waals surface area contributed by atoms with E-state index in [2.05, 4.69) is 10.4 Å². The van der Waals surface area contributed by atoms with E-state index in [1.807, 2.05) is 38.2 Å². The highest BCUT2D eigenvalue weighted by Crippen LogP contribution is 2.34. The number of hydrogen-bond donors (Lipinski definition) is 1. The molecule has 1 aromatic heterocycles. The van der Waals surface area contributed by atoms with Gasteiger partial charge in [0.1, 0.15) is 18.8 Å². The van der Waals surface area contributed by atoms with Crippen molar-refractivity contribution < 1.29 is 14.3 Å². The molecule has 2 aromatic rings. The number of hydrogen-bond acceptors (Lipinski definition) is 4. The van der Waals surface area contributed by atoms with E-state index in [1.54, 1.807) is 10.9 Å². The lowest BCUT2D eigenvalue weighted by molar-refractivity contribution is -0.129. The molecule has 4 rings (SSSR count). The van der Waals surface area contributed by atoms with E-state index in [0.29, 0.717) is 19.3 Å². The predicted molar refractivity (Wildman–Crippen MR) is 103 cm³/mol. The lowest BCUT2D eigenvalue weighted by Crippen LogP contribution is -2.49. The van der Waals surface area contributed by atoms with Crippen LogP contribution in [0, 0.1) is 0 Å². The van der Waals surface area contributed by atoms with Crippen molar-refractivity contribution in [3.63, 3.8) is 0 Å². The number of benzene rings is 1. The number of aromatic nitrogens is 2. The summed E-state index contributed by atoms with van der Waals surface area (Å²) in [5.74, 6) is 1.54. The van der Waals surface area contributed by atoms with Gasteiger partial charge in [0.25, 0.3) is 0 Å². The molecule has 0 radical (unpaired) electrons. The Hall–Kier alpha value is -2.50. The minimum Gasteiger partial charge on any atom is -0.486 e.